The molecule has 0 radical (unpaired) electrons. The standard InChI is InChI=1S/C10H12N6S/c1-16-6-14-9(15-16)5-13-8-4-12-3-2-7(8)10(11)17/h2-4,6,13H,5H2,1H3,(H2,11,17). The molecule has 0 fully saturated rings. The first-order valence-electron chi connectivity index (χ1n) is 4.99. The molecule has 17 heavy (non-hydrogen) atoms. The smallest absolute Gasteiger partial charge is 0.169 e. The maximum absolute atomic E-state index is 5.62. The first-order valence-corrected chi connectivity index (χ1v) is 5.40. The molecule has 0 aliphatic rings. The van der Waals surface area contributed by atoms with Crippen molar-refractivity contribution in [1.82, 2.24) is 19.7 Å². The molecule has 0 bridgehead atoms. The zero-order chi connectivity index (χ0) is 12.3. The van der Waals surface area contributed by atoms with Gasteiger partial charge in [0.2, 0.25) is 0 Å². The summed E-state index contributed by atoms with van der Waals surface area (Å²) in [7, 11) is 1.82. The number of nitrogens with one attached hydrogen (secondary N) is 1. The molecular formula is C10H12N6S. The Hall–Kier alpha value is -2.02. The summed E-state index contributed by atoms with van der Waals surface area (Å²) in [5.41, 5.74) is 7.17. The lowest BCUT2D eigenvalue weighted by molar-refractivity contribution is 0.747. The van der Waals surface area contributed by atoms with Crippen LogP contribution in [0.2, 0.25) is 0 Å². The molecule has 0 saturated heterocycles. The number of hydrogen-bond acceptors (Lipinski definition) is 5. The maximum Gasteiger partial charge on any atom is 0.169 e. The zero-order valence-electron chi connectivity index (χ0n) is 9.29. The number of thiocarbonyl (C=S) groups is 1. The molecule has 0 aliphatic heterocycles. The summed E-state index contributed by atoms with van der Waals surface area (Å²) in [5.74, 6) is 0.699. The van der Waals surface area contributed by atoms with Gasteiger partial charge in [-0.3, -0.25) is 9.67 Å². The summed E-state index contributed by atoms with van der Waals surface area (Å²) in [6, 6.07) is 1.77. The van der Waals surface area contributed by atoms with Crippen LogP contribution < -0.4 is 11.1 Å². The van der Waals surface area contributed by atoms with E-state index in [0.29, 0.717) is 17.4 Å². The second kappa shape index (κ2) is 4.88. The van der Waals surface area contributed by atoms with Gasteiger partial charge in [-0.25, -0.2) is 4.98 Å². The van der Waals surface area contributed by atoms with Gasteiger partial charge in [-0.05, 0) is 6.07 Å². The second-order valence-electron chi connectivity index (χ2n) is 3.47. The number of nitrogens with zero attached hydrogens (tertiary/aromatic N) is 4. The number of aryl methyl sites for hydroxylation is 1. The molecule has 0 spiro atoms. The minimum absolute atomic E-state index is 0.337. The summed E-state index contributed by atoms with van der Waals surface area (Å²) in [4.78, 5) is 8.47. The fourth-order valence-electron chi connectivity index (χ4n) is 1.39. The molecule has 0 atom stereocenters. The van der Waals surface area contributed by atoms with Gasteiger partial charge in [0.05, 0.1) is 18.4 Å². The van der Waals surface area contributed by atoms with Crippen molar-refractivity contribution in [3.8, 4) is 0 Å². The van der Waals surface area contributed by atoms with Crippen molar-refractivity contribution in [3.05, 3.63) is 36.2 Å². The van der Waals surface area contributed by atoms with Crippen LogP contribution in [0.15, 0.2) is 24.8 Å². The number of anilines is 1. The molecule has 2 aromatic rings. The second-order valence-corrected chi connectivity index (χ2v) is 3.91. The maximum atomic E-state index is 5.62. The fourth-order valence-corrected chi connectivity index (χ4v) is 1.57. The topological polar surface area (TPSA) is 81.7 Å². The van der Waals surface area contributed by atoms with Crippen molar-refractivity contribution in [2.75, 3.05) is 5.32 Å². The average molecular weight is 248 g/mol. The zero-order valence-corrected chi connectivity index (χ0v) is 10.1. The van der Waals surface area contributed by atoms with Crippen molar-refractivity contribution in [2.24, 2.45) is 12.8 Å². The summed E-state index contributed by atoms with van der Waals surface area (Å²) >= 11 is 4.96. The predicted octanol–water partition coefficient (Wildman–Crippen LogP) is 0.456. The summed E-state index contributed by atoms with van der Waals surface area (Å²) in [6.07, 6.45) is 4.98. The Morgan fingerprint density at radius 2 is 2.41 bits per heavy atom. The van der Waals surface area contributed by atoms with Crippen LogP contribution in [0.1, 0.15) is 11.4 Å². The summed E-state index contributed by atoms with van der Waals surface area (Å²) in [6.45, 7) is 0.502. The third-order valence-electron chi connectivity index (χ3n) is 2.17. The first kappa shape index (κ1) is 11.5. The minimum atomic E-state index is 0.337. The minimum Gasteiger partial charge on any atom is -0.389 e. The SMILES string of the molecule is Cn1cnc(CNc2cnccc2C(N)=S)n1. The molecule has 6 nitrogen and oxygen atoms in total. The lowest BCUT2D eigenvalue weighted by atomic mass is 10.2. The molecule has 0 amide bonds. The van der Waals surface area contributed by atoms with Crippen molar-refractivity contribution in [2.45, 2.75) is 6.54 Å². The van der Waals surface area contributed by atoms with Crippen LogP contribution in [0, 0.1) is 0 Å². The number of pyridine rings is 1. The number of rotatable bonds is 4. The Kier molecular flexibility index (Phi) is 3.29. The van der Waals surface area contributed by atoms with E-state index in [-0.39, 0.29) is 0 Å². The highest BCUT2D eigenvalue weighted by Gasteiger charge is 2.05. The van der Waals surface area contributed by atoms with Crippen LogP contribution in [-0.4, -0.2) is 24.7 Å². The van der Waals surface area contributed by atoms with Crippen LogP contribution >= 0.6 is 12.2 Å². The average Bonchev–Trinajstić information content (AvgIpc) is 2.73. The molecule has 0 aliphatic carbocycles. The number of hydrogen-bond donors (Lipinski definition) is 2. The van der Waals surface area contributed by atoms with Crippen molar-refractivity contribution < 1.29 is 0 Å². The van der Waals surface area contributed by atoms with Gasteiger partial charge < -0.3 is 11.1 Å². The molecule has 2 heterocycles. The molecule has 88 valence electrons. The Balaban J connectivity index is 2.11. The lowest BCUT2D eigenvalue weighted by Crippen LogP contribution is -2.13. The van der Waals surface area contributed by atoms with E-state index in [1.54, 1.807) is 29.5 Å². The van der Waals surface area contributed by atoms with Gasteiger partial charge in [0.15, 0.2) is 5.82 Å². The van der Waals surface area contributed by atoms with Crippen LogP contribution in [0.4, 0.5) is 5.69 Å². The van der Waals surface area contributed by atoms with Crippen LogP contribution in [0.25, 0.3) is 0 Å². The Bertz CT molecular complexity index is 535. The largest absolute Gasteiger partial charge is 0.389 e. The summed E-state index contributed by atoms with van der Waals surface area (Å²) in [5, 5.41) is 7.31. The first-order chi connectivity index (χ1) is 8.16. The molecule has 2 rings (SSSR count). The van der Waals surface area contributed by atoms with Gasteiger partial charge in [-0.15, -0.1) is 0 Å². The third-order valence-corrected chi connectivity index (χ3v) is 2.39. The highest BCUT2D eigenvalue weighted by molar-refractivity contribution is 7.80. The fraction of sp³-hybridized carbons (Fsp3) is 0.200. The van der Waals surface area contributed by atoms with Gasteiger partial charge in [-0.1, -0.05) is 12.2 Å². The molecule has 7 heteroatoms. The third kappa shape index (κ3) is 2.76. The Morgan fingerprint density at radius 3 is 3.06 bits per heavy atom. The summed E-state index contributed by atoms with van der Waals surface area (Å²) < 4.78 is 1.65. The van der Waals surface area contributed by atoms with E-state index in [0.717, 1.165) is 11.3 Å². The van der Waals surface area contributed by atoms with Crippen molar-refractivity contribution in [3.63, 3.8) is 0 Å². The Labute approximate surface area is 104 Å². The molecule has 0 unspecified atom stereocenters. The van der Waals surface area contributed by atoms with Crippen LogP contribution in [0.3, 0.4) is 0 Å². The van der Waals surface area contributed by atoms with E-state index in [1.807, 2.05) is 7.05 Å². The number of nitrogens with two attached hydrogens (primary N) is 1. The van der Waals surface area contributed by atoms with Crippen molar-refractivity contribution >= 4 is 22.9 Å². The van der Waals surface area contributed by atoms with Gasteiger partial charge >= 0.3 is 0 Å². The highest BCUT2D eigenvalue weighted by Crippen LogP contribution is 2.13. The van der Waals surface area contributed by atoms with Gasteiger partial charge in [0.25, 0.3) is 0 Å². The molecular weight excluding hydrogens is 236 g/mol. The molecule has 2 aromatic heterocycles. The van der Waals surface area contributed by atoms with Gasteiger partial charge in [0, 0.05) is 18.8 Å². The Morgan fingerprint density at radius 1 is 1.59 bits per heavy atom. The van der Waals surface area contributed by atoms with Gasteiger partial charge in [-0.2, -0.15) is 5.10 Å². The van der Waals surface area contributed by atoms with E-state index in [1.165, 1.54) is 0 Å². The quantitative estimate of drug-likeness (QED) is 0.765. The van der Waals surface area contributed by atoms with Crippen LogP contribution in [0.5, 0.6) is 0 Å². The normalized spacial score (nSPS) is 10.2. The van der Waals surface area contributed by atoms with Gasteiger partial charge in [0.1, 0.15) is 11.3 Å². The van der Waals surface area contributed by atoms with E-state index in [2.05, 4.69) is 20.4 Å². The highest BCUT2D eigenvalue weighted by atomic mass is 32.1. The number of aromatic nitrogens is 4. The monoisotopic (exact) mass is 248 g/mol. The van der Waals surface area contributed by atoms with Crippen molar-refractivity contribution in [1.29, 1.82) is 0 Å². The van der Waals surface area contributed by atoms with E-state index < -0.39 is 0 Å². The molecule has 0 saturated carbocycles. The van der Waals surface area contributed by atoms with Crippen LogP contribution in [-0.2, 0) is 13.6 Å². The molecule has 3 N–H and O–H groups in total. The predicted molar refractivity (Wildman–Crippen MR) is 68.5 cm³/mol. The molecule has 0 aromatic carbocycles. The van der Waals surface area contributed by atoms with E-state index in [9.17, 15) is 0 Å². The van der Waals surface area contributed by atoms with E-state index >= 15 is 0 Å². The lowest BCUT2D eigenvalue weighted by Gasteiger charge is -2.08. The van der Waals surface area contributed by atoms with E-state index in [4.69, 9.17) is 18.0 Å².